The van der Waals surface area contributed by atoms with Crippen LogP contribution in [0.5, 0.6) is 0 Å². The second-order valence-electron chi connectivity index (χ2n) is 9.81. The number of hydrogen-bond donors (Lipinski definition) is 3. The molecule has 0 spiro atoms. The van der Waals surface area contributed by atoms with Gasteiger partial charge in [-0.3, -0.25) is 0 Å². The summed E-state index contributed by atoms with van der Waals surface area (Å²) in [5.41, 5.74) is 15.1. The van der Waals surface area contributed by atoms with Crippen LogP contribution in [0.15, 0.2) is 71.7 Å². The van der Waals surface area contributed by atoms with Gasteiger partial charge in [-0.2, -0.15) is 5.10 Å². The Bertz CT molecular complexity index is 941. The van der Waals surface area contributed by atoms with Crippen LogP contribution in [0.25, 0.3) is 0 Å². The number of benzene rings is 1. The van der Waals surface area contributed by atoms with Crippen molar-refractivity contribution in [2.24, 2.45) is 11.0 Å². The maximum atomic E-state index is 6.28. The van der Waals surface area contributed by atoms with E-state index in [1.54, 1.807) is 7.05 Å². The van der Waals surface area contributed by atoms with E-state index in [1.807, 2.05) is 18.4 Å². The second kappa shape index (κ2) is 14.9. The number of nitrogens with two attached hydrogens (primary N) is 1. The lowest BCUT2D eigenvalue weighted by Crippen LogP contribution is -2.30. The maximum Gasteiger partial charge on any atom is 0.0375 e. The van der Waals surface area contributed by atoms with Crippen LogP contribution in [0.3, 0.4) is 0 Å². The van der Waals surface area contributed by atoms with Crippen LogP contribution in [-0.4, -0.2) is 38.3 Å². The third-order valence-electron chi connectivity index (χ3n) is 6.34. The molecule has 0 saturated carbocycles. The van der Waals surface area contributed by atoms with E-state index in [4.69, 9.17) is 5.73 Å². The van der Waals surface area contributed by atoms with Crippen molar-refractivity contribution in [3.8, 4) is 12.8 Å². The van der Waals surface area contributed by atoms with Gasteiger partial charge in [0.05, 0.1) is 0 Å². The molecule has 1 heterocycles. The molecule has 1 aromatic carbocycles. The standard InChI is InChI=1S/C28H43N5.C2H2/c1-8-26(11-9-21(2)17-23-13-15-33(7)16-14-23)32-22(3)18-24-19-25(10-12-27(24)29)28(4,5)20-31-30-6;1-2/h8-12,19-20,23,30,32H,1,3,13-18,29H2,2,4-7H3;1-2H/b21-9+,26-11+,31-20-;. The van der Waals surface area contributed by atoms with Gasteiger partial charge in [0.15, 0.2) is 0 Å². The van der Waals surface area contributed by atoms with E-state index in [1.165, 1.54) is 31.5 Å². The van der Waals surface area contributed by atoms with Crippen molar-refractivity contribution >= 4 is 11.9 Å². The van der Waals surface area contributed by atoms with E-state index >= 15 is 0 Å². The molecule has 2 rings (SSSR count). The zero-order chi connectivity index (χ0) is 26.4. The largest absolute Gasteiger partial charge is 0.398 e. The summed E-state index contributed by atoms with van der Waals surface area (Å²) in [7, 11) is 4.01. The molecule has 0 unspecified atom stereocenters. The van der Waals surface area contributed by atoms with Crippen molar-refractivity contribution in [2.45, 2.75) is 51.9 Å². The number of allylic oxidation sites excluding steroid dienone is 5. The normalized spacial score (nSPS) is 15.9. The molecule has 0 amide bonds. The van der Waals surface area contributed by atoms with Gasteiger partial charge in [0.25, 0.3) is 0 Å². The molecule has 0 radical (unpaired) electrons. The SMILES string of the molecule is C#C.C=C/C(=C\C=C(/C)CC1CCN(C)CC1)NC(=C)Cc1cc(C(C)(C)/C=N\NC)ccc1N. The summed E-state index contributed by atoms with van der Waals surface area (Å²) < 4.78 is 0. The third-order valence-corrected chi connectivity index (χ3v) is 6.34. The Morgan fingerprint density at radius 2 is 1.91 bits per heavy atom. The number of likely N-dealkylation sites (tertiary alicyclic amines) is 1. The van der Waals surface area contributed by atoms with Crippen molar-refractivity contribution in [2.75, 3.05) is 32.9 Å². The van der Waals surface area contributed by atoms with Crippen molar-refractivity contribution in [3.05, 3.63) is 77.7 Å². The Balaban J connectivity index is 0.00000298. The third kappa shape index (κ3) is 10.3. The number of nitrogen functional groups attached to an aromatic ring is 1. The van der Waals surface area contributed by atoms with Gasteiger partial charge in [0.2, 0.25) is 0 Å². The van der Waals surface area contributed by atoms with E-state index in [-0.39, 0.29) is 5.41 Å². The Morgan fingerprint density at radius 3 is 2.51 bits per heavy atom. The lowest BCUT2D eigenvalue weighted by Gasteiger charge is -2.29. The zero-order valence-electron chi connectivity index (χ0n) is 22.4. The quantitative estimate of drug-likeness (QED) is 0.132. The minimum absolute atomic E-state index is 0.206. The molecule has 0 aromatic heterocycles. The summed E-state index contributed by atoms with van der Waals surface area (Å²) in [6, 6.07) is 6.17. The highest BCUT2D eigenvalue weighted by molar-refractivity contribution is 5.73. The van der Waals surface area contributed by atoms with Gasteiger partial charge in [0, 0.05) is 42.2 Å². The number of hydrazone groups is 1. The minimum atomic E-state index is -0.206. The molecule has 0 atom stereocenters. The smallest absolute Gasteiger partial charge is 0.0375 e. The number of nitrogens with one attached hydrogen (secondary N) is 2. The van der Waals surface area contributed by atoms with Crippen molar-refractivity contribution < 1.29 is 0 Å². The Hall–Kier alpha value is -3.23. The molecule has 35 heavy (non-hydrogen) atoms. The molecule has 190 valence electrons. The first-order valence-corrected chi connectivity index (χ1v) is 12.2. The van der Waals surface area contributed by atoms with E-state index < -0.39 is 0 Å². The van der Waals surface area contributed by atoms with Gasteiger partial charge < -0.3 is 21.4 Å². The molecule has 4 N–H and O–H groups in total. The fourth-order valence-electron chi connectivity index (χ4n) is 4.12. The molecule has 1 fully saturated rings. The molecule has 1 aromatic rings. The number of anilines is 1. The van der Waals surface area contributed by atoms with Gasteiger partial charge in [0.1, 0.15) is 0 Å². The molecule has 1 saturated heterocycles. The lowest BCUT2D eigenvalue weighted by atomic mass is 9.84. The summed E-state index contributed by atoms with van der Waals surface area (Å²) in [4.78, 5) is 2.42. The summed E-state index contributed by atoms with van der Waals surface area (Å²) in [6.45, 7) is 17.1. The number of rotatable bonds is 11. The van der Waals surface area contributed by atoms with Gasteiger partial charge in [-0.25, -0.2) is 0 Å². The number of nitrogens with zero attached hydrogens (tertiary/aromatic N) is 2. The van der Waals surface area contributed by atoms with Crippen LogP contribution >= 0.6 is 0 Å². The van der Waals surface area contributed by atoms with Gasteiger partial charge in [-0.15, -0.1) is 12.8 Å². The summed E-state index contributed by atoms with van der Waals surface area (Å²) in [6.07, 6.45) is 20.4. The summed E-state index contributed by atoms with van der Waals surface area (Å²) in [5.74, 6) is 0.790. The van der Waals surface area contributed by atoms with Crippen LogP contribution in [0, 0.1) is 18.8 Å². The van der Waals surface area contributed by atoms with Crippen LogP contribution in [0.2, 0.25) is 0 Å². The number of piperidine rings is 1. The molecule has 5 heteroatoms. The first-order chi connectivity index (χ1) is 16.6. The highest BCUT2D eigenvalue weighted by Gasteiger charge is 2.19. The first-order valence-electron chi connectivity index (χ1n) is 12.2. The van der Waals surface area contributed by atoms with Crippen molar-refractivity contribution in [1.29, 1.82) is 0 Å². The van der Waals surface area contributed by atoms with E-state index in [9.17, 15) is 0 Å². The van der Waals surface area contributed by atoms with Crippen molar-refractivity contribution in [3.63, 3.8) is 0 Å². The van der Waals surface area contributed by atoms with Gasteiger partial charge in [-0.1, -0.05) is 50.8 Å². The van der Waals surface area contributed by atoms with Crippen LogP contribution in [-0.2, 0) is 11.8 Å². The highest BCUT2D eigenvalue weighted by atomic mass is 15.3. The molecular formula is C30H45N5. The summed E-state index contributed by atoms with van der Waals surface area (Å²) in [5, 5.41) is 7.60. The van der Waals surface area contributed by atoms with Gasteiger partial charge in [-0.05, 0) is 81.6 Å². The molecular weight excluding hydrogens is 430 g/mol. The first kappa shape index (κ1) is 29.8. The summed E-state index contributed by atoms with van der Waals surface area (Å²) >= 11 is 0. The molecule has 5 nitrogen and oxygen atoms in total. The Labute approximate surface area is 213 Å². The van der Waals surface area contributed by atoms with Gasteiger partial charge >= 0.3 is 0 Å². The van der Waals surface area contributed by atoms with Crippen LogP contribution < -0.4 is 16.5 Å². The van der Waals surface area contributed by atoms with E-state index in [0.29, 0.717) is 6.42 Å². The van der Waals surface area contributed by atoms with Crippen molar-refractivity contribution in [1.82, 2.24) is 15.6 Å². The Kier molecular flexibility index (Phi) is 12.7. The second-order valence-corrected chi connectivity index (χ2v) is 9.81. The van der Waals surface area contributed by atoms with Crippen LogP contribution in [0.4, 0.5) is 5.69 Å². The number of hydrogen-bond acceptors (Lipinski definition) is 5. The Morgan fingerprint density at radius 1 is 1.26 bits per heavy atom. The topological polar surface area (TPSA) is 65.7 Å². The predicted octanol–water partition coefficient (Wildman–Crippen LogP) is 5.39. The average Bonchev–Trinajstić information content (AvgIpc) is 2.84. The molecule has 0 bridgehead atoms. The zero-order valence-corrected chi connectivity index (χ0v) is 22.4. The highest BCUT2D eigenvalue weighted by Crippen LogP contribution is 2.26. The van der Waals surface area contributed by atoms with E-state index in [2.05, 4.69) is 98.9 Å². The number of terminal acetylenes is 1. The fraction of sp³-hybridized carbons (Fsp3) is 0.433. The van der Waals surface area contributed by atoms with Crippen LogP contribution in [0.1, 0.15) is 51.2 Å². The maximum absolute atomic E-state index is 6.28. The predicted molar refractivity (Wildman–Crippen MR) is 154 cm³/mol. The fourth-order valence-corrected chi connectivity index (χ4v) is 4.12. The monoisotopic (exact) mass is 475 g/mol. The average molecular weight is 476 g/mol. The molecule has 1 aliphatic rings. The molecule has 1 aliphatic heterocycles. The lowest BCUT2D eigenvalue weighted by molar-refractivity contribution is 0.219. The molecule has 0 aliphatic carbocycles. The minimum Gasteiger partial charge on any atom is -0.398 e. The van der Waals surface area contributed by atoms with E-state index in [0.717, 1.165) is 40.5 Å².